The van der Waals surface area contributed by atoms with Crippen LogP contribution in [0.25, 0.3) is 10.9 Å². The first-order valence-corrected chi connectivity index (χ1v) is 8.54. The number of halogens is 1. The summed E-state index contributed by atoms with van der Waals surface area (Å²) in [4.78, 5) is 5.76. The molecule has 0 unspecified atom stereocenters. The molecule has 0 atom stereocenters. The lowest BCUT2D eigenvalue weighted by molar-refractivity contribution is 0.138. The molecule has 4 rings (SSSR count). The fraction of sp³-hybridized carbons (Fsp3) is 0.474. The van der Waals surface area contributed by atoms with Crippen molar-refractivity contribution in [3.8, 4) is 0 Å². The maximum absolute atomic E-state index is 13.3. The highest BCUT2D eigenvalue weighted by atomic mass is 19.1. The van der Waals surface area contributed by atoms with Crippen LogP contribution in [-0.2, 0) is 4.74 Å². The molecule has 1 N–H and O–H groups in total. The van der Waals surface area contributed by atoms with Crippen LogP contribution in [0.15, 0.2) is 36.0 Å². The van der Waals surface area contributed by atoms with E-state index in [2.05, 4.69) is 22.2 Å². The number of aromatic nitrogens is 1. The molecule has 122 valence electrons. The number of likely N-dealkylation sites (tertiary alicyclic amines) is 1. The second-order valence-corrected chi connectivity index (χ2v) is 6.69. The number of hydrogen-bond acceptors (Lipinski definition) is 2. The summed E-state index contributed by atoms with van der Waals surface area (Å²) in [6.45, 7) is 4.96. The molecule has 1 fully saturated rings. The Bertz CT molecular complexity index is 713. The van der Waals surface area contributed by atoms with Crippen LogP contribution in [0, 0.1) is 5.82 Å². The van der Waals surface area contributed by atoms with Gasteiger partial charge >= 0.3 is 0 Å². The van der Waals surface area contributed by atoms with Crippen LogP contribution in [0.4, 0.5) is 4.39 Å². The van der Waals surface area contributed by atoms with Gasteiger partial charge in [-0.3, -0.25) is 4.90 Å². The summed E-state index contributed by atoms with van der Waals surface area (Å²) >= 11 is 0. The SMILES string of the molecule is Fc1ccc2c(C3CCN(CC4=CCCOC4)CC3)c[nH]c2c1. The minimum absolute atomic E-state index is 0.177. The Labute approximate surface area is 136 Å². The monoisotopic (exact) mass is 314 g/mol. The fourth-order valence-electron chi connectivity index (χ4n) is 3.87. The summed E-state index contributed by atoms with van der Waals surface area (Å²) in [7, 11) is 0. The van der Waals surface area contributed by atoms with Gasteiger partial charge < -0.3 is 9.72 Å². The summed E-state index contributed by atoms with van der Waals surface area (Å²) in [5, 5.41) is 1.17. The topological polar surface area (TPSA) is 28.3 Å². The lowest BCUT2D eigenvalue weighted by atomic mass is 9.89. The second-order valence-electron chi connectivity index (χ2n) is 6.69. The third-order valence-corrected chi connectivity index (χ3v) is 5.11. The van der Waals surface area contributed by atoms with Gasteiger partial charge in [0.1, 0.15) is 5.82 Å². The van der Waals surface area contributed by atoms with Gasteiger partial charge in [0, 0.05) is 23.6 Å². The Balaban J connectivity index is 1.41. The molecule has 2 aromatic rings. The van der Waals surface area contributed by atoms with Crippen LogP contribution in [0.1, 0.15) is 30.7 Å². The van der Waals surface area contributed by atoms with E-state index in [4.69, 9.17) is 4.74 Å². The first kappa shape index (κ1) is 14.9. The molecule has 4 heteroatoms. The fourth-order valence-corrected chi connectivity index (χ4v) is 3.87. The maximum atomic E-state index is 13.3. The van der Waals surface area contributed by atoms with E-state index in [1.807, 2.05) is 6.07 Å². The lowest BCUT2D eigenvalue weighted by Gasteiger charge is -2.33. The van der Waals surface area contributed by atoms with E-state index in [9.17, 15) is 4.39 Å². The van der Waals surface area contributed by atoms with Crippen LogP contribution in [0.2, 0.25) is 0 Å². The predicted octanol–water partition coefficient (Wildman–Crippen LogP) is 3.83. The van der Waals surface area contributed by atoms with Crippen molar-refractivity contribution >= 4 is 10.9 Å². The normalized spacial score (nSPS) is 20.8. The molecule has 0 spiro atoms. The molecule has 23 heavy (non-hydrogen) atoms. The van der Waals surface area contributed by atoms with Crippen molar-refractivity contribution in [2.24, 2.45) is 0 Å². The predicted molar refractivity (Wildman–Crippen MR) is 90.2 cm³/mol. The zero-order valence-corrected chi connectivity index (χ0v) is 13.4. The molecule has 3 nitrogen and oxygen atoms in total. The Morgan fingerprint density at radius 1 is 1.26 bits per heavy atom. The molecule has 0 bridgehead atoms. The zero-order chi connectivity index (χ0) is 15.6. The van der Waals surface area contributed by atoms with Crippen molar-refractivity contribution in [1.82, 2.24) is 9.88 Å². The van der Waals surface area contributed by atoms with Crippen LogP contribution in [0.3, 0.4) is 0 Å². The number of nitrogens with one attached hydrogen (secondary N) is 1. The van der Waals surface area contributed by atoms with Crippen LogP contribution in [-0.4, -0.2) is 42.7 Å². The van der Waals surface area contributed by atoms with Crippen LogP contribution in [0.5, 0.6) is 0 Å². The number of fused-ring (bicyclic) bond motifs is 1. The van der Waals surface area contributed by atoms with E-state index in [1.165, 1.54) is 29.4 Å². The molecule has 2 aliphatic heterocycles. The molecule has 0 amide bonds. The molecule has 1 saturated heterocycles. The van der Waals surface area contributed by atoms with Gasteiger partial charge in [-0.2, -0.15) is 0 Å². The largest absolute Gasteiger partial charge is 0.377 e. The van der Waals surface area contributed by atoms with Gasteiger partial charge in [-0.05, 0) is 67.6 Å². The third kappa shape index (κ3) is 3.19. The van der Waals surface area contributed by atoms with Crippen molar-refractivity contribution in [3.63, 3.8) is 0 Å². The van der Waals surface area contributed by atoms with Gasteiger partial charge in [0.05, 0.1) is 13.2 Å². The third-order valence-electron chi connectivity index (χ3n) is 5.11. The summed E-state index contributed by atoms with van der Waals surface area (Å²) < 4.78 is 18.9. The Morgan fingerprint density at radius 2 is 2.13 bits per heavy atom. The van der Waals surface area contributed by atoms with Gasteiger partial charge in [-0.25, -0.2) is 4.39 Å². The highest BCUT2D eigenvalue weighted by Crippen LogP contribution is 2.33. The number of piperidine rings is 1. The quantitative estimate of drug-likeness (QED) is 0.872. The van der Waals surface area contributed by atoms with E-state index < -0.39 is 0 Å². The standard InChI is InChI=1S/C19H23FN2O/c20-16-3-4-17-18(11-21-19(17)10-16)15-5-7-22(8-6-15)12-14-2-1-9-23-13-14/h2-4,10-11,15,21H,1,5-9,12-13H2. The molecule has 1 aromatic heterocycles. The second kappa shape index (κ2) is 6.46. The molecular weight excluding hydrogens is 291 g/mol. The van der Waals surface area contributed by atoms with Crippen LogP contribution < -0.4 is 0 Å². The first-order valence-electron chi connectivity index (χ1n) is 8.54. The Kier molecular flexibility index (Phi) is 4.19. The van der Waals surface area contributed by atoms with Crippen molar-refractivity contribution in [2.75, 3.05) is 32.8 Å². The summed E-state index contributed by atoms with van der Waals surface area (Å²) in [5.74, 6) is 0.394. The minimum atomic E-state index is -0.177. The molecule has 0 aliphatic carbocycles. The lowest BCUT2D eigenvalue weighted by Crippen LogP contribution is -2.35. The summed E-state index contributed by atoms with van der Waals surface area (Å²) in [5.41, 5.74) is 3.68. The Morgan fingerprint density at radius 3 is 2.91 bits per heavy atom. The van der Waals surface area contributed by atoms with Crippen LogP contribution >= 0.6 is 0 Å². The summed E-state index contributed by atoms with van der Waals surface area (Å²) in [6.07, 6.45) is 7.79. The number of aromatic amines is 1. The van der Waals surface area contributed by atoms with Gasteiger partial charge in [0.25, 0.3) is 0 Å². The molecular formula is C19H23FN2O. The van der Waals surface area contributed by atoms with Gasteiger partial charge in [0.2, 0.25) is 0 Å². The van der Waals surface area contributed by atoms with Crippen molar-refractivity contribution in [3.05, 3.63) is 47.4 Å². The maximum Gasteiger partial charge on any atom is 0.125 e. The number of rotatable bonds is 3. The highest BCUT2D eigenvalue weighted by molar-refractivity contribution is 5.83. The van der Waals surface area contributed by atoms with Crippen molar-refractivity contribution in [1.29, 1.82) is 0 Å². The van der Waals surface area contributed by atoms with E-state index in [-0.39, 0.29) is 5.82 Å². The van der Waals surface area contributed by atoms with E-state index in [1.54, 1.807) is 12.1 Å². The molecule has 1 aromatic carbocycles. The van der Waals surface area contributed by atoms with Crippen molar-refractivity contribution < 1.29 is 9.13 Å². The molecule has 2 aliphatic rings. The highest BCUT2D eigenvalue weighted by Gasteiger charge is 2.23. The average molecular weight is 314 g/mol. The number of H-pyrrole nitrogens is 1. The number of nitrogens with zero attached hydrogens (tertiary/aromatic N) is 1. The minimum Gasteiger partial charge on any atom is -0.377 e. The Hall–Kier alpha value is -1.65. The van der Waals surface area contributed by atoms with E-state index in [0.29, 0.717) is 5.92 Å². The molecule has 0 saturated carbocycles. The smallest absolute Gasteiger partial charge is 0.125 e. The summed E-state index contributed by atoms with van der Waals surface area (Å²) in [6, 6.07) is 5.06. The van der Waals surface area contributed by atoms with Gasteiger partial charge in [-0.15, -0.1) is 0 Å². The molecule has 0 radical (unpaired) electrons. The number of benzene rings is 1. The van der Waals surface area contributed by atoms with E-state index >= 15 is 0 Å². The van der Waals surface area contributed by atoms with Gasteiger partial charge in [-0.1, -0.05) is 6.08 Å². The first-order chi connectivity index (χ1) is 11.3. The number of hydrogen-bond donors (Lipinski definition) is 1. The van der Waals surface area contributed by atoms with Gasteiger partial charge in [0.15, 0.2) is 0 Å². The van der Waals surface area contributed by atoms with Crippen molar-refractivity contribution in [2.45, 2.75) is 25.2 Å². The zero-order valence-electron chi connectivity index (χ0n) is 13.4. The average Bonchev–Trinajstić information content (AvgIpc) is 2.99. The van der Waals surface area contributed by atoms with E-state index in [0.717, 1.165) is 44.8 Å². The molecule has 3 heterocycles. The number of ether oxygens (including phenoxy) is 1.